The molecule has 3 aromatic rings. The number of carbonyl (C=O) groups excluding carboxylic acids is 2. The molecule has 192 valence electrons. The molecular formula is C29H29NO6S. The predicted octanol–water partition coefficient (Wildman–Crippen LogP) is 4.94. The monoisotopic (exact) mass is 519 g/mol. The molecule has 0 radical (unpaired) electrons. The van der Waals surface area contributed by atoms with Gasteiger partial charge < -0.3 is 14.4 Å². The van der Waals surface area contributed by atoms with Gasteiger partial charge in [-0.3, -0.25) is 4.79 Å². The quantitative estimate of drug-likeness (QED) is 0.444. The smallest absolute Gasteiger partial charge is 0.338 e. The van der Waals surface area contributed by atoms with Gasteiger partial charge in [0.05, 0.1) is 39.3 Å². The molecule has 5 rings (SSSR count). The number of hydrogen-bond donors (Lipinski definition) is 0. The van der Waals surface area contributed by atoms with Crippen LogP contribution in [0.5, 0.6) is 0 Å². The molecule has 0 N–H and O–H groups in total. The van der Waals surface area contributed by atoms with Crippen molar-refractivity contribution < 1.29 is 27.5 Å². The van der Waals surface area contributed by atoms with Gasteiger partial charge in [-0.2, -0.15) is 0 Å². The Balaban J connectivity index is 1.62. The van der Waals surface area contributed by atoms with Crippen LogP contribution in [0.1, 0.15) is 55.8 Å². The summed E-state index contributed by atoms with van der Waals surface area (Å²) in [6.45, 7) is 6.89. The number of benzene rings is 3. The molecule has 1 unspecified atom stereocenters. The van der Waals surface area contributed by atoms with Gasteiger partial charge in [0.1, 0.15) is 6.61 Å². The van der Waals surface area contributed by atoms with Gasteiger partial charge in [0.25, 0.3) is 5.91 Å². The molecule has 3 aromatic carbocycles. The van der Waals surface area contributed by atoms with E-state index in [0.29, 0.717) is 6.61 Å². The number of nitrogens with zero attached hydrogens (tertiary/aromatic N) is 1. The molecule has 8 heteroatoms. The van der Waals surface area contributed by atoms with Crippen molar-refractivity contribution in [1.82, 2.24) is 0 Å². The van der Waals surface area contributed by atoms with Gasteiger partial charge >= 0.3 is 5.97 Å². The standard InChI is InChI=1S/C29H29NO6S/c1-18-13-19(2)24(20(3)14-18)16-30-25-15-21(29(32)36-17-22-7-6-12-35-22)10-11-27(25)37(33,34)26-9-5-4-8-23(26)28(30)31/h4-5,8-11,13-15,22H,6-7,12,16-17H2,1-3H3. The van der Waals surface area contributed by atoms with Gasteiger partial charge in [-0.15, -0.1) is 0 Å². The van der Waals surface area contributed by atoms with E-state index in [9.17, 15) is 18.0 Å². The zero-order valence-corrected chi connectivity index (χ0v) is 21.9. The summed E-state index contributed by atoms with van der Waals surface area (Å²) in [6, 6.07) is 14.6. The largest absolute Gasteiger partial charge is 0.459 e. The SMILES string of the molecule is Cc1cc(C)c(CN2C(=O)c3ccccc3S(=O)(=O)c3ccc(C(=O)OCC4CCCO4)cc32)c(C)c1. The first-order chi connectivity index (χ1) is 17.7. The summed E-state index contributed by atoms with van der Waals surface area (Å²) in [6.07, 6.45) is 1.62. The van der Waals surface area contributed by atoms with E-state index in [0.717, 1.165) is 35.1 Å². The molecule has 1 amide bonds. The Bertz CT molecular complexity index is 1480. The van der Waals surface area contributed by atoms with Gasteiger partial charge in [-0.05, 0) is 80.6 Å². The molecule has 0 saturated carbocycles. The van der Waals surface area contributed by atoms with Crippen LogP contribution in [0, 0.1) is 20.8 Å². The molecular weight excluding hydrogens is 490 g/mol. The molecule has 37 heavy (non-hydrogen) atoms. The second-order valence-electron chi connectivity index (χ2n) is 9.68. The summed E-state index contributed by atoms with van der Waals surface area (Å²) in [4.78, 5) is 28.2. The van der Waals surface area contributed by atoms with Gasteiger partial charge in [0.15, 0.2) is 0 Å². The maximum absolute atomic E-state index is 13.9. The highest BCUT2D eigenvalue weighted by molar-refractivity contribution is 7.91. The number of sulfone groups is 1. The fourth-order valence-corrected chi connectivity index (χ4v) is 6.77. The van der Waals surface area contributed by atoms with Crippen LogP contribution in [0.15, 0.2) is 64.4 Å². The number of aryl methyl sites for hydroxylation is 3. The summed E-state index contributed by atoms with van der Waals surface area (Å²) in [5.74, 6) is -1.03. The van der Waals surface area contributed by atoms with Crippen LogP contribution < -0.4 is 4.90 Å². The second-order valence-corrected chi connectivity index (χ2v) is 11.6. The molecule has 0 aromatic heterocycles. The lowest BCUT2D eigenvalue weighted by Crippen LogP contribution is -2.31. The maximum Gasteiger partial charge on any atom is 0.338 e. The number of hydrogen-bond acceptors (Lipinski definition) is 6. The van der Waals surface area contributed by atoms with Crippen LogP contribution in [0.2, 0.25) is 0 Å². The molecule has 0 aliphatic carbocycles. The third kappa shape index (κ3) is 4.67. The van der Waals surface area contributed by atoms with Crippen molar-refractivity contribution in [2.24, 2.45) is 0 Å². The minimum Gasteiger partial charge on any atom is -0.459 e. The van der Waals surface area contributed by atoms with E-state index in [1.807, 2.05) is 32.9 Å². The Morgan fingerprint density at radius 2 is 1.76 bits per heavy atom. The van der Waals surface area contributed by atoms with E-state index in [1.165, 1.54) is 35.2 Å². The average molecular weight is 520 g/mol. The minimum atomic E-state index is -4.03. The highest BCUT2D eigenvalue weighted by atomic mass is 32.2. The van der Waals surface area contributed by atoms with Crippen molar-refractivity contribution >= 4 is 27.4 Å². The van der Waals surface area contributed by atoms with E-state index in [1.54, 1.807) is 12.1 Å². The van der Waals surface area contributed by atoms with Gasteiger partial charge in [0.2, 0.25) is 9.84 Å². The zero-order chi connectivity index (χ0) is 26.3. The molecule has 1 saturated heterocycles. The van der Waals surface area contributed by atoms with Crippen molar-refractivity contribution in [2.45, 2.75) is 56.1 Å². The van der Waals surface area contributed by atoms with Crippen molar-refractivity contribution in [1.29, 1.82) is 0 Å². The molecule has 2 heterocycles. The minimum absolute atomic E-state index is 0.0242. The summed E-state index contributed by atoms with van der Waals surface area (Å²) in [5.41, 5.74) is 4.46. The van der Waals surface area contributed by atoms with Crippen LogP contribution in [0.3, 0.4) is 0 Å². The Morgan fingerprint density at radius 3 is 2.46 bits per heavy atom. The van der Waals surface area contributed by atoms with Crippen LogP contribution >= 0.6 is 0 Å². The van der Waals surface area contributed by atoms with Gasteiger partial charge in [0, 0.05) is 6.61 Å². The average Bonchev–Trinajstić information content (AvgIpc) is 3.38. The first-order valence-electron chi connectivity index (χ1n) is 12.3. The van der Waals surface area contributed by atoms with Crippen LogP contribution in [-0.4, -0.2) is 39.6 Å². The number of amides is 1. The third-order valence-electron chi connectivity index (χ3n) is 7.01. The summed E-state index contributed by atoms with van der Waals surface area (Å²) in [5, 5.41) is 0. The van der Waals surface area contributed by atoms with Crippen molar-refractivity contribution in [3.8, 4) is 0 Å². The Kier molecular flexibility index (Phi) is 6.64. The first kappa shape index (κ1) is 25.2. The Morgan fingerprint density at radius 1 is 1.03 bits per heavy atom. The molecule has 2 aliphatic heterocycles. The van der Waals surface area contributed by atoms with Gasteiger partial charge in [-0.25, -0.2) is 13.2 Å². The predicted molar refractivity (Wildman–Crippen MR) is 139 cm³/mol. The molecule has 0 bridgehead atoms. The van der Waals surface area contributed by atoms with Crippen LogP contribution in [0.25, 0.3) is 0 Å². The van der Waals surface area contributed by atoms with E-state index in [2.05, 4.69) is 0 Å². The second kappa shape index (κ2) is 9.76. The number of ether oxygens (including phenoxy) is 2. The Hall–Kier alpha value is -3.49. The van der Waals surface area contributed by atoms with Crippen LogP contribution in [-0.2, 0) is 25.9 Å². The third-order valence-corrected chi connectivity index (χ3v) is 8.87. The number of fused-ring (bicyclic) bond motifs is 2. The van der Waals surface area contributed by atoms with Gasteiger partial charge in [-0.1, -0.05) is 29.8 Å². The van der Waals surface area contributed by atoms with E-state index in [4.69, 9.17) is 9.47 Å². The summed E-state index contributed by atoms with van der Waals surface area (Å²) >= 11 is 0. The fourth-order valence-electron chi connectivity index (χ4n) is 5.14. The maximum atomic E-state index is 13.9. The number of carbonyl (C=O) groups is 2. The lowest BCUT2D eigenvalue weighted by molar-refractivity contribution is 0.0161. The molecule has 0 spiro atoms. The normalized spacial score (nSPS) is 18.2. The Labute approximate surface area is 216 Å². The zero-order valence-electron chi connectivity index (χ0n) is 21.1. The van der Waals surface area contributed by atoms with Crippen LogP contribution in [0.4, 0.5) is 5.69 Å². The lowest BCUT2D eigenvalue weighted by atomic mass is 9.98. The van der Waals surface area contributed by atoms with E-state index >= 15 is 0 Å². The summed E-state index contributed by atoms with van der Waals surface area (Å²) in [7, 11) is -4.03. The molecule has 1 fully saturated rings. The lowest BCUT2D eigenvalue weighted by Gasteiger charge is -2.25. The fraction of sp³-hybridized carbons (Fsp3) is 0.310. The van der Waals surface area contributed by atoms with E-state index < -0.39 is 21.7 Å². The van der Waals surface area contributed by atoms with Crippen molar-refractivity contribution in [3.05, 3.63) is 88.0 Å². The summed E-state index contributed by atoms with van der Waals surface area (Å²) < 4.78 is 38.4. The topological polar surface area (TPSA) is 90.0 Å². The van der Waals surface area contributed by atoms with E-state index in [-0.39, 0.29) is 45.9 Å². The molecule has 1 atom stereocenters. The number of esters is 1. The number of anilines is 1. The molecule has 7 nitrogen and oxygen atoms in total. The van der Waals surface area contributed by atoms with Crippen molar-refractivity contribution in [3.63, 3.8) is 0 Å². The number of rotatable bonds is 5. The highest BCUT2D eigenvalue weighted by Gasteiger charge is 2.36. The first-order valence-corrected chi connectivity index (χ1v) is 13.8. The highest BCUT2D eigenvalue weighted by Crippen LogP contribution is 2.39. The molecule has 2 aliphatic rings. The van der Waals surface area contributed by atoms with Crippen molar-refractivity contribution in [2.75, 3.05) is 18.1 Å².